The molecule has 0 spiro atoms. The summed E-state index contributed by atoms with van der Waals surface area (Å²) in [5.74, 6) is 0.714. The monoisotopic (exact) mass is 605 g/mol. The van der Waals surface area contributed by atoms with Gasteiger partial charge in [0.15, 0.2) is 0 Å². The topological polar surface area (TPSA) is 157 Å². The fourth-order valence-corrected chi connectivity index (χ4v) is 5.66. The average Bonchev–Trinajstić information content (AvgIpc) is 2.91. The first-order chi connectivity index (χ1) is 18.6. The Morgan fingerprint density at radius 1 is 1.03 bits per heavy atom. The number of sulfonamides is 1. The molecule has 10 nitrogen and oxygen atoms in total. The number of nitrogens with zero attached hydrogens (tertiary/aromatic N) is 2. The fourth-order valence-electron chi connectivity index (χ4n) is 3.45. The molecule has 0 radical (unpaired) electrons. The number of halogens is 2. The maximum Gasteiger partial charge on any atom is 0.263 e. The molecule has 0 aliphatic carbocycles. The molecule has 39 heavy (non-hydrogen) atoms. The predicted molar refractivity (Wildman–Crippen MR) is 154 cm³/mol. The summed E-state index contributed by atoms with van der Waals surface area (Å²) in [6.07, 6.45) is 1.60. The van der Waals surface area contributed by atoms with Gasteiger partial charge in [0.25, 0.3) is 10.0 Å². The first kappa shape index (κ1) is 28.6. The summed E-state index contributed by atoms with van der Waals surface area (Å²) in [7, 11) is -5.81. The number of anilines is 4. The quantitative estimate of drug-likeness (QED) is 0.140. The van der Waals surface area contributed by atoms with Crippen molar-refractivity contribution in [1.82, 2.24) is 9.97 Å². The normalized spacial score (nSPS) is 12.2. The second-order valence-corrected chi connectivity index (χ2v) is 11.8. The highest BCUT2D eigenvalue weighted by molar-refractivity contribution is 7.92. The van der Waals surface area contributed by atoms with Crippen molar-refractivity contribution in [2.24, 2.45) is 0 Å². The van der Waals surface area contributed by atoms with Gasteiger partial charge < -0.3 is 24.7 Å². The van der Waals surface area contributed by atoms with Crippen LogP contribution in [0.3, 0.4) is 0 Å². The molecule has 1 heterocycles. The maximum atomic E-state index is 12.8. The van der Waals surface area contributed by atoms with Gasteiger partial charge in [0.2, 0.25) is 5.95 Å². The smallest absolute Gasteiger partial charge is 0.263 e. The lowest BCUT2D eigenvalue weighted by molar-refractivity contribution is 0.281. The number of nitrogens with one attached hydrogen (secondary N) is 4. The second-order valence-electron chi connectivity index (χ2n) is 8.34. The van der Waals surface area contributed by atoms with E-state index in [0.717, 1.165) is 0 Å². The van der Waals surface area contributed by atoms with Crippen LogP contribution in [0.1, 0.15) is 6.92 Å². The molecule has 3 aromatic carbocycles. The van der Waals surface area contributed by atoms with Crippen LogP contribution in [0.4, 0.5) is 23.1 Å². The first-order valence-corrected chi connectivity index (χ1v) is 14.8. The second kappa shape index (κ2) is 12.2. The van der Waals surface area contributed by atoms with Gasteiger partial charge in [-0.05, 0) is 48.9 Å². The van der Waals surface area contributed by atoms with Crippen molar-refractivity contribution in [2.75, 3.05) is 22.0 Å². The van der Waals surface area contributed by atoms with E-state index >= 15 is 0 Å². The molecule has 0 fully saturated rings. The number of rotatable bonds is 10. The molecule has 14 heteroatoms. The predicted octanol–water partition coefficient (Wildman–Crippen LogP) is 5.87. The van der Waals surface area contributed by atoms with E-state index in [1.165, 1.54) is 18.2 Å². The van der Waals surface area contributed by atoms with Crippen molar-refractivity contribution in [2.45, 2.75) is 22.8 Å². The summed E-state index contributed by atoms with van der Waals surface area (Å²) in [5.41, 5.74) is 2.26. The summed E-state index contributed by atoms with van der Waals surface area (Å²) in [6.45, 7) is 1.66. The van der Waals surface area contributed by atoms with Crippen LogP contribution >= 0.6 is 23.2 Å². The van der Waals surface area contributed by atoms with Gasteiger partial charge >= 0.3 is 0 Å². The summed E-state index contributed by atoms with van der Waals surface area (Å²) in [4.78, 5) is 9.17. The third kappa shape index (κ3) is 6.97. The Balaban J connectivity index is 1.60. The number of hydrogen-bond acceptors (Lipinski definition) is 10. The zero-order valence-corrected chi connectivity index (χ0v) is 23.5. The van der Waals surface area contributed by atoms with Crippen molar-refractivity contribution in [3.05, 3.63) is 83.0 Å². The van der Waals surface area contributed by atoms with Gasteiger partial charge in [-0.25, -0.2) is 13.4 Å². The van der Waals surface area contributed by atoms with E-state index in [4.69, 9.17) is 28.0 Å². The van der Waals surface area contributed by atoms with Crippen molar-refractivity contribution in [3.8, 4) is 11.1 Å². The highest BCUT2D eigenvalue weighted by Crippen LogP contribution is 2.32. The van der Waals surface area contributed by atoms with E-state index < -0.39 is 20.6 Å². The van der Waals surface area contributed by atoms with Crippen LogP contribution < -0.4 is 15.4 Å². The SMILES string of the molecule is CC(CO)Nc1nc(Nc2ccc([S-](=N)=O)cc2)ncc1-c1ccc(NS(=O)(=O)c2cccc(Cl)c2Cl)cc1. The highest BCUT2D eigenvalue weighted by atomic mass is 35.5. The molecule has 1 aromatic heterocycles. The lowest BCUT2D eigenvalue weighted by Gasteiger charge is -2.17. The highest BCUT2D eigenvalue weighted by Gasteiger charge is 2.20. The van der Waals surface area contributed by atoms with Crippen molar-refractivity contribution >= 4 is 67.0 Å². The van der Waals surface area contributed by atoms with Gasteiger partial charge in [-0.3, -0.25) is 4.72 Å². The molecular formula is C25H23Cl2N6O4S2-. The van der Waals surface area contributed by atoms with Crippen LogP contribution in [0.2, 0.25) is 10.0 Å². The van der Waals surface area contributed by atoms with E-state index in [0.29, 0.717) is 33.2 Å². The zero-order chi connectivity index (χ0) is 28.2. The number of aliphatic hydroxyl groups is 1. The Labute approximate surface area is 237 Å². The molecule has 4 rings (SSSR count). The summed E-state index contributed by atoms with van der Waals surface area (Å²) in [5, 5.41) is 15.8. The molecule has 4 aromatic rings. The van der Waals surface area contributed by atoms with E-state index in [1.807, 2.05) is 0 Å². The Morgan fingerprint density at radius 2 is 1.69 bits per heavy atom. The minimum atomic E-state index is -3.98. The summed E-state index contributed by atoms with van der Waals surface area (Å²) >= 11 is 12.1. The van der Waals surface area contributed by atoms with Gasteiger partial charge in [-0.15, -0.1) is 0 Å². The third-order valence-corrected chi connectivity index (χ3v) is 8.48. The van der Waals surface area contributed by atoms with Crippen molar-refractivity contribution in [3.63, 3.8) is 0 Å². The molecule has 0 aliphatic heterocycles. The van der Waals surface area contributed by atoms with Crippen LogP contribution in [0.15, 0.2) is 82.7 Å². The van der Waals surface area contributed by atoms with Gasteiger partial charge in [-0.2, -0.15) is 15.6 Å². The van der Waals surface area contributed by atoms with E-state index in [1.54, 1.807) is 61.7 Å². The largest absolute Gasteiger partial charge is 0.440 e. The summed E-state index contributed by atoms with van der Waals surface area (Å²) < 4.78 is 46.8. The van der Waals surface area contributed by atoms with Crippen LogP contribution in [-0.2, 0) is 24.8 Å². The Hall–Kier alpha value is -3.42. The Morgan fingerprint density at radius 3 is 2.33 bits per heavy atom. The van der Waals surface area contributed by atoms with E-state index in [9.17, 15) is 17.7 Å². The van der Waals surface area contributed by atoms with Gasteiger partial charge in [0, 0.05) is 29.2 Å². The van der Waals surface area contributed by atoms with Gasteiger partial charge in [0.05, 0.1) is 16.7 Å². The van der Waals surface area contributed by atoms with Gasteiger partial charge in [-0.1, -0.05) is 58.4 Å². The Kier molecular flexibility index (Phi) is 8.93. The van der Waals surface area contributed by atoms with E-state index in [-0.39, 0.29) is 33.5 Å². The van der Waals surface area contributed by atoms with Gasteiger partial charge in [0.1, 0.15) is 10.7 Å². The number of aliphatic hydroxyl groups excluding tert-OH is 1. The molecule has 0 saturated carbocycles. The molecule has 204 valence electrons. The molecule has 0 aliphatic rings. The third-order valence-electron chi connectivity index (χ3n) is 5.42. The molecule has 1 atom stereocenters. The molecule has 0 saturated heterocycles. The zero-order valence-electron chi connectivity index (χ0n) is 20.4. The van der Waals surface area contributed by atoms with Crippen LogP contribution in [0.25, 0.3) is 11.1 Å². The van der Waals surface area contributed by atoms with Crippen molar-refractivity contribution in [1.29, 1.82) is 4.78 Å². The minimum absolute atomic E-state index is 0.0647. The molecule has 5 N–H and O–H groups in total. The standard InChI is InChI=1S/C25H23Cl2N6O4S2/c1-15(14-34)30-24-20(13-29-25(32-24)31-17-9-11-19(12-10-17)38(28)35)16-5-7-18(8-6-16)33-39(36,37)22-4-2-3-21(26)23(22)27/h2-13,15,28,33-34H,14H2,1H3,(H2,29,30,31,32)/q-1. The van der Waals surface area contributed by atoms with Crippen LogP contribution in [-0.4, -0.2) is 36.1 Å². The molecular weight excluding hydrogens is 583 g/mol. The summed E-state index contributed by atoms with van der Waals surface area (Å²) in [6, 6.07) is 17.1. The molecule has 0 amide bonds. The minimum Gasteiger partial charge on any atom is -0.440 e. The van der Waals surface area contributed by atoms with Crippen molar-refractivity contribution < 1.29 is 17.7 Å². The maximum absolute atomic E-state index is 12.8. The molecule has 0 bridgehead atoms. The Bertz CT molecular complexity index is 1660. The fraction of sp³-hybridized carbons (Fsp3) is 0.120. The first-order valence-electron chi connectivity index (χ1n) is 11.4. The number of aromatic nitrogens is 2. The molecule has 1 unspecified atom stereocenters. The lowest BCUT2D eigenvalue weighted by Crippen LogP contribution is -2.21. The number of hydrogen-bond donors (Lipinski definition) is 5. The van der Waals surface area contributed by atoms with E-state index in [2.05, 4.69) is 25.3 Å². The number of benzene rings is 3. The van der Waals surface area contributed by atoms with Crippen LogP contribution in [0, 0.1) is 4.78 Å². The van der Waals surface area contributed by atoms with Crippen LogP contribution in [0.5, 0.6) is 0 Å². The average molecular weight is 607 g/mol. The lowest BCUT2D eigenvalue weighted by atomic mass is 10.1.